The minimum absolute atomic E-state index is 0.256. The number of hydrogen-bond acceptors (Lipinski definition) is 5. The number of carboxylic acid groups (broad SMARTS) is 1. The minimum atomic E-state index is -1.27. The fourth-order valence-corrected chi connectivity index (χ4v) is 2.81. The predicted octanol–water partition coefficient (Wildman–Crippen LogP) is 1.73. The van der Waals surface area contributed by atoms with E-state index >= 15 is 0 Å². The zero-order valence-electron chi connectivity index (χ0n) is 11.9. The number of anilines is 1. The monoisotopic (exact) mass is 293 g/mol. The number of hydrogen-bond donors (Lipinski definition) is 2. The Hall–Kier alpha value is -2.15. The minimum Gasteiger partial charge on any atom is -0.477 e. The highest BCUT2D eigenvalue weighted by Gasteiger charge is 2.24. The molecule has 1 aliphatic heterocycles. The molecule has 0 bridgehead atoms. The number of benzene rings is 1. The number of nitrogens with zero attached hydrogens (tertiary/aromatic N) is 2. The second kappa shape index (κ2) is 6.53. The Labute approximate surface area is 122 Å². The third-order valence-corrected chi connectivity index (χ3v) is 3.78. The van der Waals surface area contributed by atoms with Gasteiger partial charge >= 0.3 is 5.97 Å². The van der Waals surface area contributed by atoms with Crippen LogP contribution in [-0.2, 0) is 0 Å². The largest absolute Gasteiger partial charge is 0.477 e. The van der Waals surface area contributed by atoms with Crippen LogP contribution in [0.25, 0.3) is 0 Å². The quantitative estimate of drug-likeness (QED) is 0.634. The van der Waals surface area contributed by atoms with Crippen LogP contribution in [0.4, 0.5) is 11.4 Å². The molecule has 1 unspecified atom stereocenters. The first-order valence-corrected chi connectivity index (χ1v) is 6.94. The second-order valence-electron chi connectivity index (χ2n) is 5.28. The maximum absolute atomic E-state index is 11.2. The summed E-state index contributed by atoms with van der Waals surface area (Å²) in [5, 5.41) is 23.2. The van der Waals surface area contributed by atoms with E-state index in [1.165, 1.54) is 12.1 Å². The number of nitrogens with one attached hydrogen (secondary N) is 1. The lowest BCUT2D eigenvalue weighted by molar-refractivity contribution is -0.385. The van der Waals surface area contributed by atoms with E-state index < -0.39 is 10.9 Å². The molecule has 0 saturated carbocycles. The van der Waals surface area contributed by atoms with E-state index in [0.29, 0.717) is 5.92 Å². The predicted molar refractivity (Wildman–Crippen MR) is 78.9 cm³/mol. The van der Waals surface area contributed by atoms with Gasteiger partial charge in [0.05, 0.1) is 4.92 Å². The summed E-state index contributed by atoms with van der Waals surface area (Å²) in [6, 6.07) is 4.31. The van der Waals surface area contributed by atoms with Gasteiger partial charge in [0.1, 0.15) is 5.56 Å². The van der Waals surface area contributed by atoms with Gasteiger partial charge < -0.3 is 15.3 Å². The summed E-state index contributed by atoms with van der Waals surface area (Å²) >= 11 is 0. The number of carboxylic acids is 1. The van der Waals surface area contributed by atoms with E-state index in [9.17, 15) is 14.9 Å². The van der Waals surface area contributed by atoms with Gasteiger partial charge in [0, 0.05) is 24.8 Å². The van der Waals surface area contributed by atoms with Gasteiger partial charge in [-0.25, -0.2) is 4.79 Å². The van der Waals surface area contributed by atoms with E-state index in [0.717, 1.165) is 38.2 Å². The standard InChI is InChI=1S/C14H19N3O4/c1-15-8-10-3-2-6-16(9-10)11-4-5-13(17(20)21)12(7-11)14(18)19/h4-5,7,10,15H,2-3,6,8-9H2,1H3,(H,18,19). The molecule has 7 heteroatoms. The SMILES string of the molecule is CNCC1CCCN(c2ccc([N+](=O)[O-])c(C(=O)O)c2)C1. The summed E-state index contributed by atoms with van der Waals surface area (Å²) in [7, 11) is 1.91. The fourth-order valence-electron chi connectivity index (χ4n) is 2.81. The highest BCUT2D eigenvalue weighted by Crippen LogP contribution is 2.28. The topological polar surface area (TPSA) is 95.7 Å². The zero-order chi connectivity index (χ0) is 15.4. The average Bonchev–Trinajstić information content (AvgIpc) is 2.47. The lowest BCUT2D eigenvalue weighted by Gasteiger charge is -2.34. The number of nitro groups is 1. The Morgan fingerprint density at radius 3 is 2.95 bits per heavy atom. The molecule has 0 spiro atoms. The molecule has 0 aromatic heterocycles. The molecule has 1 aromatic carbocycles. The normalized spacial score (nSPS) is 18.5. The molecule has 1 aromatic rings. The van der Waals surface area contributed by atoms with Crippen molar-refractivity contribution in [1.82, 2.24) is 5.32 Å². The summed E-state index contributed by atoms with van der Waals surface area (Å²) in [6.07, 6.45) is 2.17. The summed E-state index contributed by atoms with van der Waals surface area (Å²) in [6.45, 7) is 2.59. The van der Waals surface area contributed by atoms with Crippen molar-refractivity contribution in [2.24, 2.45) is 5.92 Å². The Balaban J connectivity index is 2.25. The molecule has 0 amide bonds. The Bertz CT molecular complexity index is 545. The number of nitro benzene ring substituents is 1. The number of piperidine rings is 1. The van der Waals surface area contributed by atoms with E-state index in [-0.39, 0.29) is 11.3 Å². The fraction of sp³-hybridized carbons (Fsp3) is 0.500. The lowest BCUT2D eigenvalue weighted by Crippen LogP contribution is -2.39. The lowest BCUT2D eigenvalue weighted by atomic mass is 9.97. The first-order valence-electron chi connectivity index (χ1n) is 6.94. The third-order valence-electron chi connectivity index (χ3n) is 3.78. The molecule has 1 heterocycles. The van der Waals surface area contributed by atoms with Gasteiger partial charge in [0.2, 0.25) is 0 Å². The van der Waals surface area contributed by atoms with Crippen LogP contribution in [-0.4, -0.2) is 42.7 Å². The van der Waals surface area contributed by atoms with Gasteiger partial charge in [0.25, 0.3) is 5.69 Å². The van der Waals surface area contributed by atoms with Crippen LogP contribution in [0.15, 0.2) is 18.2 Å². The maximum Gasteiger partial charge on any atom is 0.342 e. The van der Waals surface area contributed by atoms with Crippen molar-refractivity contribution in [2.45, 2.75) is 12.8 Å². The Kier molecular flexibility index (Phi) is 4.74. The van der Waals surface area contributed by atoms with Gasteiger partial charge in [-0.1, -0.05) is 0 Å². The summed E-state index contributed by atoms with van der Waals surface area (Å²) in [5.41, 5.74) is 0.113. The van der Waals surface area contributed by atoms with E-state index in [4.69, 9.17) is 5.11 Å². The Morgan fingerprint density at radius 1 is 1.57 bits per heavy atom. The molecule has 1 aliphatic rings. The van der Waals surface area contributed by atoms with Gasteiger partial charge in [-0.15, -0.1) is 0 Å². The van der Waals surface area contributed by atoms with Crippen molar-refractivity contribution >= 4 is 17.3 Å². The molecule has 21 heavy (non-hydrogen) atoms. The molecule has 1 atom stereocenters. The van der Waals surface area contributed by atoms with Crippen LogP contribution >= 0.6 is 0 Å². The molecule has 2 N–H and O–H groups in total. The number of aromatic carboxylic acids is 1. The van der Waals surface area contributed by atoms with Gasteiger partial charge in [0.15, 0.2) is 0 Å². The van der Waals surface area contributed by atoms with Crippen molar-refractivity contribution in [3.8, 4) is 0 Å². The van der Waals surface area contributed by atoms with Crippen LogP contribution in [0.2, 0.25) is 0 Å². The summed E-state index contributed by atoms with van der Waals surface area (Å²) in [5.74, 6) is -0.764. The summed E-state index contributed by atoms with van der Waals surface area (Å²) < 4.78 is 0. The summed E-state index contributed by atoms with van der Waals surface area (Å²) in [4.78, 5) is 23.5. The van der Waals surface area contributed by atoms with Crippen LogP contribution in [0.5, 0.6) is 0 Å². The van der Waals surface area contributed by atoms with Crippen molar-refractivity contribution < 1.29 is 14.8 Å². The molecular formula is C14H19N3O4. The second-order valence-corrected chi connectivity index (χ2v) is 5.28. The molecule has 2 rings (SSSR count). The maximum atomic E-state index is 11.2. The van der Waals surface area contributed by atoms with E-state index in [2.05, 4.69) is 10.2 Å². The number of carbonyl (C=O) groups is 1. The van der Waals surface area contributed by atoms with Crippen molar-refractivity contribution in [2.75, 3.05) is 31.6 Å². The zero-order valence-corrected chi connectivity index (χ0v) is 11.9. The van der Waals surface area contributed by atoms with Gasteiger partial charge in [-0.2, -0.15) is 0 Å². The molecule has 114 valence electrons. The highest BCUT2D eigenvalue weighted by atomic mass is 16.6. The van der Waals surface area contributed by atoms with Crippen molar-refractivity contribution in [3.05, 3.63) is 33.9 Å². The van der Waals surface area contributed by atoms with Crippen LogP contribution < -0.4 is 10.2 Å². The molecule has 0 aliphatic carbocycles. The Morgan fingerprint density at radius 2 is 2.33 bits per heavy atom. The van der Waals surface area contributed by atoms with Crippen molar-refractivity contribution in [1.29, 1.82) is 0 Å². The van der Waals surface area contributed by atoms with E-state index in [1.807, 2.05) is 7.05 Å². The molecule has 1 saturated heterocycles. The van der Waals surface area contributed by atoms with Crippen LogP contribution in [0, 0.1) is 16.0 Å². The average molecular weight is 293 g/mol. The van der Waals surface area contributed by atoms with Gasteiger partial charge in [-0.3, -0.25) is 10.1 Å². The molecule has 1 fully saturated rings. The first kappa shape index (κ1) is 15.2. The van der Waals surface area contributed by atoms with Crippen LogP contribution in [0.3, 0.4) is 0 Å². The third kappa shape index (κ3) is 3.49. The van der Waals surface area contributed by atoms with Crippen molar-refractivity contribution in [3.63, 3.8) is 0 Å². The first-order chi connectivity index (χ1) is 10.0. The van der Waals surface area contributed by atoms with Crippen LogP contribution in [0.1, 0.15) is 23.2 Å². The highest BCUT2D eigenvalue weighted by molar-refractivity contribution is 5.93. The number of rotatable bonds is 5. The van der Waals surface area contributed by atoms with Gasteiger partial charge in [-0.05, 0) is 44.5 Å². The molecular weight excluding hydrogens is 274 g/mol. The molecule has 7 nitrogen and oxygen atoms in total. The smallest absolute Gasteiger partial charge is 0.342 e. The van der Waals surface area contributed by atoms with E-state index in [1.54, 1.807) is 6.07 Å². The molecule has 0 radical (unpaired) electrons.